The second kappa shape index (κ2) is 10.6. The molecule has 0 bridgehead atoms. The van der Waals surface area contributed by atoms with E-state index in [4.69, 9.17) is 0 Å². The molecule has 0 heterocycles. The van der Waals surface area contributed by atoms with Gasteiger partial charge in [-0.1, -0.05) is 48.9 Å². The molecule has 2 rings (SSSR count). The zero-order chi connectivity index (χ0) is 19.7. The lowest BCUT2D eigenvalue weighted by molar-refractivity contribution is -0.135. The first kappa shape index (κ1) is 21.6. The minimum absolute atomic E-state index is 0.0272. The van der Waals surface area contributed by atoms with Gasteiger partial charge in [0.05, 0.1) is 18.1 Å². The molecular formula is C23H35NO3. The molecule has 2 N–H and O–H groups in total. The largest absolute Gasteiger partial charge is 0.389 e. The average molecular weight is 374 g/mol. The number of rotatable bonds is 9. The number of aliphatic hydroxyl groups is 2. The van der Waals surface area contributed by atoms with E-state index in [9.17, 15) is 15.0 Å². The van der Waals surface area contributed by atoms with Crippen LogP contribution in [0.15, 0.2) is 42.5 Å². The Morgan fingerprint density at radius 2 is 2.04 bits per heavy atom. The van der Waals surface area contributed by atoms with Crippen LogP contribution in [0.5, 0.6) is 0 Å². The highest BCUT2D eigenvalue weighted by atomic mass is 16.3. The molecule has 1 aromatic rings. The van der Waals surface area contributed by atoms with Gasteiger partial charge >= 0.3 is 0 Å². The molecule has 1 fully saturated rings. The van der Waals surface area contributed by atoms with Gasteiger partial charge < -0.3 is 15.1 Å². The van der Waals surface area contributed by atoms with E-state index in [-0.39, 0.29) is 18.2 Å². The van der Waals surface area contributed by atoms with Crippen molar-refractivity contribution in [1.29, 1.82) is 0 Å². The quantitative estimate of drug-likeness (QED) is 0.512. The summed E-state index contributed by atoms with van der Waals surface area (Å²) in [5, 5.41) is 21.0. The standard InChI is InChI=1S/C23H35NO3/c1-24(2)22(26)18-23(27)16-8-12-20(17-23)14-15-21(25)13-7-6-11-19-9-4-3-5-10-19/h3-5,9-10,14-15,20-21,25,27H,6-8,11-13,16-18H2,1-2H3/b15-14+/t20-,21-,23+/m0/s1. The van der Waals surface area contributed by atoms with E-state index in [0.29, 0.717) is 12.8 Å². The van der Waals surface area contributed by atoms with E-state index in [1.165, 1.54) is 10.5 Å². The molecule has 0 saturated heterocycles. The molecule has 0 aromatic heterocycles. The number of aryl methyl sites for hydroxylation is 1. The minimum atomic E-state index is -0.907. The van der Waals surface area contributed by atoms with Crippen LogP contribution in [0.1, 0.15) is 56.9 Å². The first-order chi connectivity index (χ1) is 12.9. The smallest absolute Gasteiger partial charge is 0.224 e. The molecule has 0 aliphatic heterocycles. The van der Waals surface area contributed by atoms with Gasteiger partial charge in [-0.05, 0) is 56.4 Å². The monoisotopic (exact) mass is 373 g/mol. The highest BCUT2D eigenvalue weighted by molar-refractivity contribution is 5.76. The summed E-state index contributed by atoms with van der Waals surface area (Å²) >= 11 is 0. The molecule has 1 aliphatic rings. The van der Waals surface area contributed by atoms with E-state index in [1.54, 1.807) is 14.1 Å². The van der Waals surface area contributed by atoms with Crippen molar-refractivity contribution in [3.8, 4) is 0 Å². The third-order valence-corrected chi connectivity index (χ3v) is 5.50. The van der Waals surface area contributed by atoms with Gasteiger partial charge in [0.2, 0.25) is 5.91 Å². The Hall–Kier alpha value is -1.65. The van der Waals surface area contributed by atoms with Gasteiger partial charge in [0.25, 0.3) is 0 Å². The Balaban J connectivity index is 1.71. The zero-order valence-corrected chi connectivity index (χ0v) is 16.8. The van der Waals surface area contributed by atoms with Gasteiger partial charge in [0.15, 0.2) is 0 Å². The number of benzene rings is 1. The number of carbonyl (C=O) groups is 1. The maximum absolute atomic E-state index is 11.9. The van der Waals surface area contributed by atoms with Gasteiger partial charge in [-0.3, -0.25) is 4.79 Å². The summed E-state index contributed by atoms with van der Waals surface area (Å²) in [6.07, 6.45) is 10.8. The molecule has 150 valence electrons. The molecule has 1 amide bonds. The lowest BCUT2D eigenvalue weighted by Gasteiger charge is -2.36. The number of nitrogens with zero attached hydrogens (tertiary/aromatic N) is 1. The van der Waals surface area contributed by atoms with Gasteiger partial charge in [-0.2, -0.15) is 0 Å². The van der Waals surface area contributed by atoms with Crippen molar-refractivity contribution >= 4 is 5.91 Å². The van der Waals surface area contributed by atoms with E-state index in [0.717, 1.165) is 38.5 Å². The molecule has 1 aliphatic carbocycles. The van der Waals surface area contributed by atoms with Crippen molar-refractivity contribution in [3.63, 3.8) is 0 Å². The highest BCUT2D eigenvalue weighted by Gasteiger charge is 2.35. The molecule has 1 saturated carbocycles. The number of amides is 1. The third kappa shape index (κ3) is 7.86. The van der Waals surface area contributed by atoms with Crippen molar-refractivity contribution < 1.29 is 15.0 Å². The van der Waals surface area contributed by atoms with Crippen LogP contribution < -0.4 is 0 Å². The summed E-state index contributed by atoms with van der Waals surface area (Å²) in [6.45, 7) is 0. The third-order valence-electron chi connectivity index (χ3n) is 5.50. The Labute approximate surface area is 163 Å². The second-order valence-electron chi connectivity index (χ2n) is 8.23. The van der Waals surface area contributed by atoms with Crippen LogP contribution in [-0.4, -0.2) is 46.8 Å². The summed E-state index contributed by atoms with van der Waals surface area (Å²) in [5.41, 5.74) is 0.436. The van der Waals surface area contributed by atoms with Gasteiger partial charge in [0, 0.05) is 14.1 Å². The maximum atomic E-state index is 11.9. The first-order valence-corrected chi connectivity index (χ1v) is 10.2. The van der Waals surface area contributed by atoms with Crippen molar-refractivity contribution in [2.75, 3.05) is 14.1 Å². The van der Waals surface area contributed by atoms with Crippen LogP contribution in [0, 0.1) is 5.92 Å². The zero-order valence-electron chi connectivity index (χ0n) is 16.8. The van der Waals surface area contributed by atoms with Crippen LogP contribution in [0.25, 0.3) is 0 Å². The Morgan fingerprint density at radius 1 is 1.30 bits per heavy atom. The van der Waals surface area contributed by atoms with Crippen LogP contribution in [0.3, 0.4) is 0 Å². The molecule has 4 nitrogen and oxygen atoms in total. The summed E-state index contributed by atoms with van der Waals surface area (Å²) in [7, 11) is 3.44. The summed E-state index contributed by atoms with van der Waals surface area (Å²) < 4.78 is 0. The molecule has 0 unspecified atom stereocenters. The summed E-state index contributed by atoms with van der Waals surface area (Å²) in [4.78, 5) is 13.5. The molecule has 0 radical (unpaired) electrons. The molecule has 4 heteroatoms. The lowest BCUT2D eigenvalue weighted by Crippen LogP contribution is -2.40. The molecular weight excluding hydrogens is 338 g/mol. The van der Waals surface area contributed by atoms with E-state index >= 15 is 0 Å². The highest BCUT2D eigenvalue weighted by Crippen LogP contribution is 2.36. The van der Waals surface area contributed by atoms with Gasteiger partial charge in [-0.15, -0.1) is 0 Å². The Morgan fingerprint density at radius 3 is 2.74 bits per heavy atom. The van der Waals surface area contributed by atoms with E-state index in [2.05, 4.69) is 24.3 Å². The lowest BCUT2D eigenvalue weighted by atomic mass is 9.76. The number of carbonyl (C=O) groups excluding carboxylic acids is 1. The Kier molecular flexibility index (Phi) is 8.52. The average Bonchev–Trinajstić information content (AvgIpc) is 2.64. The SMILES string of the molecule is CN(C)C(=O)C[C@@]1(O)CCC[C@@H](/C=C/[C@@H](O)CCCCc2ccccc2)C1. The number of hydrogen-bond donors (Lipinski definition) is 2. The Bertz CT molecular complexity index is 599. The summed E-state index contributed by atoms with van der Waals surface area (Å²) in [5.74, 6) is 0.207. The number of unbranched alkanes of at least 4 members (excludes halogenated alkanes) is 1. The number of hydrogen-bond acceptors (Lipinski definition) is 3. The fourth-order valence-electron chi connectivity index (χ4n) is 3.86. The second-order valence-corrected chi connectivity index (χ2v) is 8.23. The summed E-state index contributed by atoms with van der Waals surface area (Å²) in [6, 6.07) is 10.4. The fourth-order valence-corrected chi connectivity index (χ4v) is 3.86. The van der Waals surface area contributed by atoms with Gasteiger partial charge in [0.1, 0.15) is 0 Å². The molecule has 3 atom stereocenters. The van der Waals surface area contributed by atoms with E-state index < -0.39 is 11.7 Å². The van der Waals surface area contributed by atoms with Crippen LogP contribution in [-0.2, 0) is 11.2 Å². The van der Waals surface area contributed by atoms with Crippen molar-refractivity contribution in [2.45, 2.75) is 69.5 Å². The predicted octanol–water partition coefficient (Wildman–Crippen LogP) is 3.72. The molecule has 1 aromatic carbocycles. The molecule has 27 heavy (non-hydrogen) atoms. The van der Waals surface area contributed by atoms with Crippen LogP contribution in [0.4, 0.5) is 0 Å². The van der Waals surface area contributed by atoms with E-state index in [1.807, 2.05) is 18.2 Å². The van der Waals surface area contributed by atoms with Crippen molar-refractivity contribution in [3.05, 3.63) is 48.0 Å². The predicted molar refractivity (Wildman–Crippen MR) is 109 cm³/mol. The van der Waals surface area contributed by atoms with Crippen LogP contribution in [0.2, 0.25) is 0 Å². The molecule has 0 spiro atoms. The minimum Gasteiger partial charge on any atom is -0.389 e. The maximum Gasteiger partial charge on any atom is 0.224 e. The normalized spacial score (nSPS) is 24.1. The first-order valence-electron chi connectivity index (χ1n) is 10.2. The number of aliphatic hydroxyl groups excluding tert-OH is 1. The van der Waals surface area contributed by atoms with Crippen molar-refractivity contribution in [2.24, 2.45) is 5.92 Å². The van der Waals surface area contributed by atoms with Crippen LogP contribution >= 0.6 is 0 Å². The van der Waals surface area contributed by atoms with Gasteiger partial charge in [-0.25, -0.2) is 0 Å². The number of allylic oxidation sites excluding steroid dienone is 1. The van der Waals surface area contributed by atoms with Crippen molar-refractivity contribution in [1.82, 2.24) is 4.90 Å². The fraction of sp³-hybridized carbons (Fsp3) is 0.609. The topological polar surface area (TPSA) is 60.8 Å².